The Kier molecular flexibility index (Phi) is 4.88. The Labute approximate surface area is 102 Å². The Morgan fingerprint density at radius 1 is 1.29 bits per heavy atom. The van der Waals surface area contributed by atoms with Crippen molar-refractivity contribution in [3.05, 3.63) is 29.8 Å². The molecule has 0 heterocycles. The van der Waals surface area contributed by atoms with E-state index in [1.165, 1.54) is 0 Å². The molecule has 1 aromatic carbocycles. The van der Waals surface area contributed by atoms with Gasteiger partial charge in [-0.25, -0.2) is 0 Å². The number of carbonyl (C=O) groups excluding carboxylic acids is 2. The van der Waals surface area contributed by atoms with E-state index in [0.717, 1.165) is 17.5 Å². The molecule has 1 rings (SSSR count). The van der Waals surface area contributed by atoms with Gasteiger partial charge in [0, 0.05) is 32.1 Å². The molecule has 0 spiro atoms. The predicted molar refractivity (Wildman–Crippen MR) is 69.3 cm³/mol. The number of aldehydes is 1. The van der Waals surface area contributed by atoms with E-state index in [1.54, 1.807) is 6.92 Å². The van der Waals surface area contributed by atoms with Gasteiger partial charge >= 0.3 is 0 Å². The number of benzene rings is 1. The Balaban J connectivity index is 2.73. The zero-order valence-electron chi connectivity index (χ0n) is 10.6. The van der Waals surface area contributed by atoms with Crippen LogP contribution in [0.25, 0.3) is 0 Å². The fourth-order valence-electron chi connectivity index (χ4n) is 1.72. The minimum atomic E-state index is -0.183. The molecule has 1 unspecified atom stereocenters. The van der Waals surface area contributed by atoms with Crippen LogP contribution in [-0.2, 0) is 16.0 Å². The number of nitrogens with zero attached hydrogens (tertiary/aromatic N) is 1. The molecule has 3 heteroatoms. The van der Waals surface area contributed by atoms with Crippen molar-refractivity contribution >= 4 is 17.8 Å². The summed E-state index contributed by atoms with van der Waals surface area (Å²) in [7, 11) is 3.97. The van der Waals surface area contributed by atoms with E-state index < -0.39 is 0 Å². The maximum absolute atomic E-state index is 11.3. The summed E-state index contributed by atoms with van der Waals surface area (Å²) in [6.07, 6.45) is 1.77. The van der Waals surface area contributed by atoms with Gasteiger partial charge in [0.2, 0.25) is 0 Å². The molecule has 0 saturated carbocycles. The van der Waals surface area contributed by atoms with E-state index in [-0.39, 0.29) is 11.7 Å². The second kappa shape index (κ2) is 6.18. The minimum absolute atomic E-state index is 0.0776. The Morgan fingerprint density at radius 3 is 2.29 bits per heavy atom. The maximum Gasteiger partial charge on any atom is 0.133 e. The van der Waals surface area contributed by atoms with E-state index >= 15 is 0 Å². The predicted octanol–water partition coefficient (Wildman–Crippen LogP) is 2.09. The number of hydrogen-bond acceptors (Lipinski definition) is 3. The highest BCUT2D eigenvalue weighted by Gasteiger charge is 2.14. The van der Waals surface area contributed by atoms with E-state index in [0.29, 0.717) is 12.8 Å². The van der Waals surface area contributed by atoms with Crippen LogP contribution in [0.2, 0.25) is 0 Å². The summed E-state index contributed by atoms with van der Waals surface area (Å²) < 4.78 is 0. The first-order valence-corrected chi connectivity index (χ1v) is 5.75. The molecule has 92 valence electrons. The summed E-state index contributed by atoms with van der Waals surface area (Å²) >= 11 is 0. The van der Waals surface area contributed by atoms with Crippen molar-refractivity contribution in [3.8, 4) is 0 Å². The molecule has 0 radical (unpaired) electrons. The molecule has 0 amide bonds. The molecule has 3 nitrogen and oxygen atoms in total. The summed E-state index contributed by atoms with van der Waals surface area (Å²) in [5.41, 5.74) is 2.22. The first-order valence-electron chi connectivity index (χ1n) is 5.75. The number of ketones is 1. The highest BCUT2D eigenvalue weighted by Crippen LogP contribution is 2.17. The van der Waals surface area contributed by atoms with Crippen molar-refractivity contribution in [2.45, 2.75) is 19.8 Å². The third-order valence-corrected chi connectivity index (χ3v) is 2.89. The normalized spacial score (nSPS) is 11.9. The van der Waals surface area contributed by atoms with Crippen LogP contribution in [0.4, 0.5) is 5.69 Å². The average molecular weight is 233 g/mol. The molecule has 1 atom stereocenters. The van der Waals surface area contributed by atoms with E-state index in [2.05, 4.69) is 0 Å². The number of rotatable bonds is 6. The lowest BCUT2D eigenvalue weighted by atomic mass is 9.93. The third-order valence-electron chi connectivity index (χ3n) is 2.89. The lowest BCUT2D eigenvalue weighted by Crippen LogP contribution is -2.14. The van der Waals surface area contributed by atoms with Gasteiger partial charge in [0.25, 0.3) is 0 Å². The van der Waals surface area contributed by atoms with Gasteiger partial charge in [0.05, 0.1) is 0 Å². The molecule has 0 N–H and O–H groups in total. The van der Waals surface area contributed by atoms with Gasteiger partial charge in [-0.3, -0.25) is 4.79 Å². The summed E-state index contributed by atoms with van der Waals surface area (Å²) in [6, 6.07) is 8.06. The Bertz CT molecular complexity index is 382. The van der Waals surface area contributed by atoms with Crippen LogP contribution in [0.15, 0.2) is 24.3 Å². The number of Topliss-reactive ketones (excluding diaryl/α,β-unsaturated/α-hetero) is 1. The zero-order chi connectivity index (χ0) is 12.8. The fraction of sp³-hybridized carbons (Fsp3) is 0.429. The van der Waals surface area contributed by atoms with E-state index in [9.17, 15) is 9.59 Å². The lowest BCUT2D eigenvalue weighted by molar-refractivity contribution is -0.123. The van der Waals surface area contributed by atoms with Crippen LogP contribution in [-0.4, -0.2) is 26.2 Å². The number of anilines is 1. The first kappa shape index (κ1) is 13.4. The van der Waals surface area contributed by atoms with Crippen molar-refractivity contribution < 1.29 is 9.59 Å². The molecule has 0 bridgehead atoms. The minimum Gasteiger partial charge on any atom is -0.378 e. The lowest BCUT2D eigenvalue weighted by Gasteiger charge is -2.14. The molecule has 0 aliphatic carbocycles. The van der Waals surface area contributed by atoms with Crippen LogP contribution >= 0.6 is 0 Å². The molecule has 0 aliphatic heterocycles. The van der Waals surface area contributed by atoms with Crippen molar-refractivity contribution in [1.29, 1.82) is 0 Å². The van der Waals surface area contributed by atoms with Crippen LogP contribution in [0.5, 0.6) is 0 Å². The van der Waals surface area contributed by atoms with Crippen molar-refractivity contribution in [3.63, 3.8) is 0 Å². The van der Waals surface area contributed by atoms with E-state index in [4.69, 9.17) is 0 Å². The summed E-state index contributed by atoms with van der Waals surface area (Å²) in [4.78, 5) is 23.9. The highest BCUT2D eigenvalue weighted by atomic mass is 16.1. The first-order chi connectivity index (χ1) is 8.04. The Morgan fingerprint density at radius 2 is 1.88 bits per heavy atom. The maximum atomic E-state index is 11.3. The van der Waals surface area contributed by atoms with Gasteiger partial charge in [-0.2, -0.15) is 0 Å². The van der Waals surface area contributed by atoms with Crippen LogP contribution < -0.4 is 4.90 Å². The molecular formula is C14H19NO2. The number of hydrogen-bond donors (Lipinski definition) is 0. The van der Waals surface area contributed by atoms with Gasteiger partial charge in [0.1, 0.15) is 12.1 Å². The van der Waals surface area contributed by atoms with Crippen LogP contribution in [0.3, 0.4) is 0 Å². The van der Waals surface area contributed by atoms with Crippen LogP contribution in [0.1, 0.15) is 18.9 Å². The van der Waals surface area contributed by atoms with Crippen LogP contribution in [0, 0.1) is 5.92 Å². The third kappa shape index (κ3) is 4.02. The standard InChI is InChI=1S/C14H19NO2/c1-11(17)13(8-9-16)10-12-4-6-14(7-5-12)15(2)3/h4-7,9,13H,8,10H2,1-3H3. The monoisotopic (exact) mass is 233 g/mol. The average Bonchev–Trinajstić information content (AvgIpc) is 2.29. The molecule has 0 fully saturated rings. The van der Waals surface area contributed by atoms with Crippen molar-refractivity contribution in [1.82, 2.24) is 0 Å². The van der Waals surface area contributed by atoms with Crippen molar-refractivity contribution in [2.75, 3.05) is 19.0 Å². The summed E-state index contributed by atoms with van der Waals surface area (Å²) in [5.74, 6) is -0.105. The number of carbonyl (C=O) groups is 2. The second-order valence-corrected chi connectivity index (χ2v) is 4.47. The molecule has 0 saturated heterocycles. The summed E-state index contributed by atoms with van der Waals surface area (Å²) in [6.45, 7) is 1.54. The quantitative estimate of drug-likeness (QED) is 0.706. The van der Waals surface area contributed by atoms with Gasteiger partial charge in [-0.05, 0) is 31.0 Å². The van der Waals surface area contributed by atoms with E-state index in [1.807, 2.05) is 43.3 Å². The van der Waals surface area contributed by atoms with Gasteiger partial charge < -0.3 is 9.69 Å². The highest BCUT2D eigenvalue weighted by molar-refractivity contribution is 5.80. The van der Waals surface area contributed by atoms with Gasteiger partial charge in [-0.15, -0.1) is 0 Å². The molecule has 0 aliphatic rings. The SMILES string of the molecule is CC(=O)C(CC=O)Cc1ccc(N(C)C)cc1. The topological polar surface area (TPSA) is 37.4 Å². The smallest absolute Gasteiger partial charge is 0.133 e. The van der Waals surface area contributed by atoms with Gasteiger partial charge in [0.15, 0.2) is 0 Å². The largest absolute Gasteiger partial charge is 0.378 e. The fourth-order valence-corrected chi connectivity index (χ4v) is 1.72. The molecule has 1 aromatic rings. The second-order valence-electron chi connectivity index (χ2n) is 4.47. The Hall–Kier alpha value is -1.64. The molecule has 17 heavy (non-hydrogen) atoms. The van der Waals surface area contributed by atoms with Crippen molar-refractivity contribution in [2.24, 2.45) is 5.92 Å². The molecule has 0 aromatic heterocycles. The van der Waals surface area contributed by atoms with Gasteiger partial charge in [-0.1, -0.05) is 12.1 Å². The zero-order valence-corrected chi connectivity index (χ0v) is 10.6. The summed E-state index contributed by atoms with van der Waals surface area (Å²) in [5, 5.41) is 0. The molecular weight excluding hydrogens is 214 g/mol.